The molecule has 0 spiro atoms. The first-order valence-corrected chi connectivity index (χ1v) is 8.78. The molecule has 0 saturated heterocycles. The topological polar surface area (TPSA) is 84.6 Å². The number of hydrogen-bond acceptors (Lipinski definition) is 5. The summed E-state index contributed by atoms with van der Waals surface area (Å²) in [5, 5.41) is 11.5. The molecule has 2 N–H and O–H groups in total. The van der Waals surface area contributed by atoms with Crippen LogP contribution in [0, 0.1) is 6.92 Å². The van der Waals surface area contributed by atoms with Gasteiger partial charge in [0.1, 0.15) is 11.5 Å². The number of carbonyl (C=O) groups is 1. The number of aliphatic carboxylic acids is 1. The molecule has 0 fully saturated rings. The van der Waals surface area contributed by atoms with Gasteiger partial charge in [-0.05, 0) is 36.8 Å². The highest BCUT2D eigenvalue weighted by molar-refractivity contribution is 5.69. The maximum absolute atomic E-state index is 10.5. The molecule has 3 aromatic rings. The molecule has 1 heterocycles. The minimum Gasteiger partial charge on any atom is -0.493 e. The van der Waals surface area contributed by atoms with Gasteiger partial charge in [0, 0.05) is 18.5 Å². The van der Waals surface area contributed by atoms with Crippen molar-refractivity contribution >= 4 is 5.97 Å². The fourth-order valence-corrected chi connectivity index (χ4v) is 2.65. The van der Waals surface area contributed by atoms with Crippen molar-refractivity contribution in [2.24, 2.45) is 0 Å². The molecule has 140 valence electrons. The summed E-state index contributed by atoms with van der Waals surface area (Å²) in [6.45, 7) is 2.86. The number of carboxylic acid groups (broad SMARTS) is 1. The van der Waals surface area contributed by atoms with Crippen molar-refractivity contribution < 1.29 is 19.1 Å². The molecule has 6 nitrogen and oxygen atoms in total. The average molecular weight is 366 g/mol. The molecule has 2 aromatic carbocycles. The molecule has 3 rings (SSSR count). The molecular weight excluding hydrogens is 344 g/mol. The molecule has 0 aliphatic heterocycles. The summed E-state index contributed by atoms with van der Waals surface area (Å²) >= 11 is 0. The largest absolute Gasteiger partial charge is 0.493 e. The Morgan fingerprint density at radius 1 is 1.15 bits per heavy atom. The zero-order chi connectivity index (χ0) is 19.1. The van der Waals surface area contributed by atoms with Crippen LogP contribution >= 0.6 is 0 Å². The van der Waals surface area contributed by atoms with Crippen LogP contribution < -0.4 is 10.1 Å². The lowest BCUT2D eigenvalue weighted by Crippen LogP contribution is -2.21. The number of nitrogens with one attached hydrogen (secondary N) is 1. The van der Waals surface area contributed by atoms with E-state index in [9.17, 15) is 4.79 Å². The van der Waals surface area contributed by atoms with E-state index in [1.165, 1.54) is 0 Å². The Morgan fingerprint density at radius 2 is 1.89 bits per heavy atom. The van der Waals surface area contributed by atoms with Gasteiger partial charge in [0.25, 0.3) is 0 Å². The fourth-order valence-electron chi connectivity index (χ4n) is 2.65. The van der Waals surface area contributed by atoms with Crippen molar-refractivity contribution in [3.05, 3.63) is 71.6 Å². The van der Waals surface area contributed by atoms with Crippen molar-refractivity contribution in [1.82, 2.24) is 10.3 Å². The Balaban J connectivity index is 1.50. The van der Waals surface area contributed by atoms with Gasteiger partial charge in [-0.15, -0.1) is 0 Å². The monoisotopic (exact) mass is 366 g/mol. The van der Waals surface area contributed by atoms with Crippen LogP contribution in [0.5, 0.6) is 5.75 Å². The van der Waals surface area contributed by atoms with Crippen LogP contribution in [-0.4, -0.2) is 29.2 Å². The summed E-state index contributed by atoms with van der Waals surface area (Å²) < 4.78 is 11.5. The zero-order valence-electron chi connectivity index (χ0n) is 15.1. The first kappa shape index (κ1) is 18.7. The standard InChI is InChI=1S/C21H22N2O4/c1-15-19(23-21(27-15)17-5-3-2-4-6-17)11-12-26-18-9-7-16(8-10-18)13-22-14-20(24)25/h2-10,22H,11-14H2,1H3,(H,24,25). The summed E-state index contributed by atoms with van der Waals surface area (Å²) in [6.07, 6.45) is 0.657. The highest BCUT2D eigenvalue weighted by Gasteiger charge is 2.11. The van der Waals surface area contributed by atoms with Crippen molar-refractivity contribution in [3.8, 4) is 17.2 Å². The van der Waals surface area contributed by atoms with Gasteiger partial charge in [-0.1, -0.05) is 30.3 Å². The zero-order valence-corrected chi connectivity index (χ0v) is 15.1. The number of oxazole rings is 1. The van der Waals surface area contributed by atoms with Crippen molar-refractivity contribution in [3.63, 3.8) is 0 Å². The van der Waals surface area contributed by atoms with E-state index < -0.39 is 5.97 Å². The second-order valence-electron chi connectivity index (χ2n) is 6.13. The number of nitrogens with zero attached hydrogens (tertiary/aromatic N) is 1. The van der Waals surface area contributed by atoms with E-state index in [0.29, 0.717) is 25.5 Å². The molecule has 0 amide bonds. The predicted molar refractivity (Wildman–Crippen MR) is 102 cm³/mol. The third-order valence-electron chi connectivity index (χ3n) is 4.05. The molecule has 1 aromatic heterocycles. The molecule has 0 radical (unpaired) electrons. The normalized spacial score (nSPS) is 10.7. The minimum atomic E-state index is -0.867. The number of carboxylic acids is 1. The molecule has 0 saturated carbocycles. The lowest BCUT2D eigenvalue weighted by molar-refractivity contribution is -0.135. The lowest BCUT2D eigenvalue weighted by atomic mass is 10.2. The van der Waals surface area contributed by atoms with Crippen molar-refractivity contribution in [1.29, 1.82) is 0 Å². The highest BCUT2D eigenvalue weighted by atomic mass is 16.5. The molecule has 0 atom stereocenters. The van der Waals surface area contributed by atoms with Crippen LogP contribution in [-0.2, 0) is 17.8 Å². The quantitative estimate of drug-likeness (QED) is 0.603. The van der Waals surface area contributed by atoms with Gasteiger partial charge >= 0.3 is 5.97 Å². The van der Waals surface area contributed by atoms with Crippen LogP contribution in [0.4, 0.5) is 0 Å². The highest BCUT2D eigenvalue weighted by Crippen LogP contribution is 2.22. The van der Waals surface area contributed by atoms with Crippen LogP contribution in [0.25, 0.3) is 11.5 Å². The Bertz CT molecular complexity index is 873. The third-order valence-corrected chi connectivity index (χ3v) is 4.05. The third kappa shape index (κ3) is 5.43. The van der Waals surface area contributed by atoms with Gasteiger partial charge < -0.3 is 19.6 Å². The van der Waals surface area contributed by atoms with E-state index in [-0.39, 0.29) is 6.54 Å². The smallest absolute Gasteiger partial charge is 0.317 e. The van der Waals surface area contributed by atoms with E-state index in [0.717, 1.165) is 28.3 Å². The van der Waals surface area contributed by atoms with Crippen molar-refractivity contribution in [2.75, 3.05) is 13.2 Å². The first-order chi connectivity index (χ1) is 13.1. The van der Waals surface area contributed by atoms with E-state index in [1.807, 2.05) is 61.5 Å². The average Bonchev–Trinajstić information content (AvgIpc) is 3.04. The van der Waals surface area contributed by atoms with Crippen molar-refractivity contribution in [2.45, 2.75) is 19.9 Å². The Morgan fingerprint density at radius 3 is 2.59 bits per heavy atom. The Kier molecular flexibility index (Phi) is 6.22. The van der Waals surface area contributed by atoms with Gasteiger partial charge in [0.15, 0.2) is 0 Å². The predicted octanol–water partition coefficient (Wildman–Crippen LogP) is 3.45. The van der Waals surface area contributed by atoms with Gasteiger partial charge in [0.2, 0.25) is 5.89 Å². The number of ether oxygens (including phenoxy) is 1. The van der Waals surface area contributed by atoms with E-state index >= 15 is 0 Å². The first-order valence-electron chi connectivity index (χ1n) is 8.78. The second-order valence-corrected chi connectivity index (χ2v) is 6.13. The number of aromatic nitrogens is 1. The number of hydrogen-bond donors (Lipinski definition) is 2. The summed E-state index contributed by atoms with van der Waals surface area (Å²) in [4.78, 5) is 15.1. The summed E-state index contributed by atoms with van der Waals surface area (Å²) in [5.41, 5.74) is 2.85. The lowest BCUT2D eigenvalue weighted by Gasteiger charge is -2.07. The van der Waals surface area contributed by atoms with E-state index in [1.54, 1.807) is 0 Å². The molecule has 0 aliphatic rings. The van der Waals surface area contributed by atoms with Crippen LogP contribution in [0.1, 0.15) is 17.0 Å². The molecule has 0 aliphatic carbocycles. The number of aryl methyl sites for hydroxylation is 1. The van der Waals surface area contributed by atoms with Gasteiger partial charge in [-0.25, -0.2) is 4.98 Å². The van der Waals surface area contributed by atoms with Crippen LogP contribution in [0.3, 0.4) is 0 Å². The van der Waals surface area contributed by atoms with Crippen LogP contribution in [0.2, 0.25) is 0 Å². The van der Waals surface area contributed by atoms with Gasteiger partial charge in [-0.3, -0.25) is 4.79 Å². The molecule has 27 heavy (non-hydrogen) atoms. The van der Waals surface area contributed by atoms with E-state index in [4.69, 9.17) is 14.3 Å². The Hall–Kier alpha value is -3.12. The number of benzene rings is 2. The van der Waals surface area contributed by atoms with E-state index in [2.05, 4.69) is 10.3 Å². The summed E-state index contributed by atoms with van der Waals surface area (Å²) in [5.74, 6) is 1.33. The summed E-state index contributed by atoms with van der Waals surface area (Å²) in [7, 11) is 0. The maximum atomic E-state index is 10.5. The molecule has 0 bridgehead atoms. The minimum absolute atomic E-state index is 0.0553. The Labute approximate surface area is 157 Å². The molecule has 0 unspecified atom stereocenters. The SMILES string of the molecule is Cc1oc(-c2ccccc2)nc1CCOc1ccc(CNCC(=O)O)cc1. The summed E-state index contributed by atoms with van der Waals surface area (Å²) in [6, 6.07) is 17.4. The van der Waals surface area contributed by atoms with Gasteiger partial charge in [0.05, 0.1) is 18.8 Å². The fraction of sp³-hybridized carbons (Fsp3) is 0.238. The maximum Gasteiger partial charge on any atom is 0.317 e. The molecular formula is C21H22N2O4. The molecule has 6 heteroatoms. The van der Waals surface area contributed by atoms with Gasteiger partial charge in [-0.2, -0.15) is 0 Å². The second kappa shape index (κ2) is 9.00. The number of rotatable bonds is 9. The van der Waals surface area contributed by atoms with Crippen LogP contribution in [0.15, 0.2) is 59.0 Å².